The zero-order chi connectivity index (χ0) is 17.1. The van der Waals surface area contributed by atoms with Gasteiger partial charge in [0.25, 0.3) is 5.56 Å². The molecule has 2 heterocycles. The summed E-state index contributed by atoms with van der Waals surface area (Å²) in [4.78, 5) is 28.8. The lowest BCUT2D eigenvalue weighted by molar-refractivity contribution is -0.126. The van der Waals surface area contributed by atoms with Gasteiger partial charge in [-0.1, -0.05) is 12.1 Å². The van der Waals surface area contributed by atoms with Crippen molar-refractivity contribution < 1.29 is 9.53 Å². The van der Waals surface area contributed by atoms with E-state index < -0.39 is 0 Å². The van der Waals surface area contributed by atoms with E-state index in [0.29, 0.717) is 31.8 Å². The summed E-state index contributed by atoms with van der Waals surface area (Å²) in [6, 6.07) is 7.62. The average Bonchev–Trinajstić information content (AvgIpc) is 3.00. The highest BCUT2D eigenvalue weighted by molar-refractivity contribution is 5.79. The molecule has 1 aliphatic heterocycles. The fraction of sp³-hybridized carbons (Fsp3) is 0.500. The lowest BCUT2D eigenvalue weighted by Gasteiger charge is -2.15. The number of amides is 1. The van der Waals surface area contributed by atoms with Crippen molar-refractivity contribution in [1.82, 2.24) is 14.9 Å². The molecule has 1 aliphatic rings. The molecule has 0 unspecified atom stereocenters. The van der Waals surface area contributed by atoms with Crippen molar-refractivity contribution in [3.05, 3.63) is 40.3 Å². The molecule has 0 aliphatic carbocycles. The molecule has 128 valence electrons. The predicted octanol–water partition coefficient (Wildman–Crippen LogP) is 1.64. The first kappa shape index (κ1) is 16.6. The van der Waals surface area contributed by atoms with Crippen LogP contribution in [0.15, 0.2) is 29.1 Å². The van der Waals surface area contributed by atoms with Gasteiger partial charge in [-0.15, -0.1) is 0 Å². The second-order valence-corrected chi connectivity index (χ2v) is 6.26. The third-order valence-corrected chi connectivity index (χ3v) is 4.59. The number of nitrogens with one attached hydrogen (secondary N) is 1. The largest absolute Gasteiger partial charge is 0.378 e. The van der Waals surface area contributed by atoms with E-state index in [-0.39, 0.29) is 23.5 Å². The Morgan fingerprint density at radius 3 is 2.96 bits per heavy atom. The number of hydrogen-bond donors (Lipinski definition) is 1. The van der Waals surface area contributed by atoms with Crippen molar-refractivity contribution in [2.45, 2.75) is 39.3 Å². The number of aryl methyl sites for hydroxylation is 2. The van der Waals surface area contributed by atoms with Crippen LogP contribution in [0.5, 0.6) is 0 Å². The Balaban J connectivity index is 1.63. The minimum atomic E-state index is -0.0714. The Labute approximate surface area is 140 Å². The molecule has 2 atom stereocenters. The van der Waals surface area contributed by atoms with Gasteiger partial charge in [-0.05, 0) is 38.8 Å². The Bertz CT molecular complexity index is 800. The van der Waals surface area contributed by atoms with Gasteiger partial charge in [0.2, 0.25) is 5.91 Å². The Morgan fingerprint density at radius 1 is 1.42 bits per heavy atom. The van der Waals surface area contributed by atoms with Crippen LogP contribution >= 0.6 is 0 Å². The summed E-state index contributed by atoms with van der Waals surface area (Å²) in [5.74, 6) is -0.0140. The maximum Gasteiger partial charge on any atom is 0.272 e. The van der Waals surface area contributed by atoms with Gasteiger partial charge in [-0.25, -0.2) is 4.98 Å². The van der Waals surface area contributed by atoms with Crippen molar-refractivity contribution in [2.24, 2.45) is 5.92 Å². The van der Waals surface area contributed by atoms with Gasteiger partial charge in [-0.3, -0.25) is 9.59 Å². The first-order valence-corrected chi connectivity index (χ1v) is 8.43. The number of ether oxygens (including phenoxy) is 1. The van der Waals surface area contributed by atoms with Gasteiger partial charge in [-0.2, -0.15) is 0 Å². The van der Waals surface area contributed by atoms with E-state index in [4.69, 9.17) is 4.74 Å². The molecule has 1 fully saturated rings. The number of benzene rings is 1. The average molecular weight is 329 g/mol. The Kier molecular flexibility index (Phi) is 4.94. The first-order chi connectivity index (χ1) is 11.6. The number of rotatable bonds is 5. The van der Waals surface area contributed by atoms with Gasteiger partial charge in [0.15, 0.2) is 0 Å². The zero-order valence-electron chi connectivity index (χ0n) is 14.1. The second-order valence-electron chi connectivity index (χ2n) is 6.26. The molecule has 1 amide bonds. The lowest BCUT2D eigenvalue weighted by Crippen LogP contribution is -2.35. The standard InChI is InChI=1S/C18H23N3O3/c1-12-18(23)21(16-7-4-3-6-15(16)20-12)10-5-9-19-17(22)14-8-11-24-13(14)2/h3-4,6-7,13-14H,5,8-11H2,1-2H3,(H,19,22)/t13-,14+/m0/s1. The van der Waals surface area contributed by atoms with E-state index in [9.17, 15) is 9.59 Å². The Hall–Kier alpha value is -2.21. The van der Waals surface area contributed by atoms with Crippen molar-refractivity contribution >= 4 is 16.9 Å². The van der Waals surface area contributed by atoms with Crippen molar-refractivity contribution in [3.63, 3.8) is 0 Å². The third kappa shape index (κ3) is 3.33. The van der Waals surface area contributed by atoms with Gasteiger partial charge in [0, 0.05) is 19.7 Å². The number of carbonyl (C=O) groups excluding carboxylic acids is 1. The number of fused-ring (bicyclic) bond motifs is 1. The van der Waals surface area contributed by atoms with Crippen molar-refractivity contribution in [1.29, 1.82) is 0 Å². The van der Waals surface area contributed by atoms with E-state index in [1.54, 1.807) is 11.5 Å². The van der Waals surface area contributed by atoms with Gasteiger partial charge in [0.05, 0.1) is 23.1 Å². The van der Waals surface area contributed by atoms with Gasteiger partial charge < -0.3 is 14.6 Å². The molecular formula is C18H23N3O3. The van der Waals surface area contributed by atoms with Gasteiger partial charge in [0.1, 0.15) is 5.69 Å². The van der Waals surface area contributed by atoms with E-state index in [2.05, 4.69) is 10.3 Å². The molecule has 0 bridgehead atoms. The molecule has 3 rings (SSSR count). The summed E-state index contributed by atoms with van der Waals surface area (Å²) in [5, 5.41) is 2.96. The number of hydrogen-bond acceptors (Lipinski definition) is 4. The molecule has 0 saturated carbocycles. The molecule has 2 aromatic rings. The SMILES string of the molecule is Cc1nc2ccccc2n(CCCNC(=O)[C@@H]2CCO[C@H]2C)c1=O. The normalized spacial score (nSPS) is 20.4. The summed E-state index contributed by atoms with van der Waals surface area (Å²) in [7, 11) is 0. The van der Waals surface area contributed by atoms with E-state index >= 15 is 0 Å². The monoisotopic (exact) mass is 329 g/mol. The van der Waals surface area contributed by atoms with Crippen molar-refractivity contribution in [2.75, 3.05) is 13.2 Å². The molecule has 1 aromatic carbocycles. The fourth-order valence-electron chi connectivity index (χ4n) is 3.20. The highest BCUT2D eigenvalue weighted by atomic mass is 16.5. The fourth-order valence-corrected chi connectivity index (χ4v) is 3.20. The van der Waals surface area contributed by atoms with Crippen LogP contribution in [0.25, 0.3) is 11.0 Å². The number of aromatic nitrogens is 2. The summed E-state index contributed by atoms with van der Waals surface area (Å²) in [5.41, 5.74) is 2.07. The van der Waals surface area contributed by atoms with Crippen LogP contribution in [0.1, 0.15) is 25.5 Å². The molecule has 1 N–H and O–H groups in total. The smallest absolute Gasteiger partial charge is 0.272 e. The number of carbonyl (C=O) groups is 1. The molecule has 6 nitrogen and oxygen atoms in total. The minimum absolute atomic E-state index is 0.0144. The van der Waals surface area contributed by atoms with Crippen LogP contribution in [0.2, 0.25) is 0 Å². The predicted molar refractivity (Wildman–Crippen MR) is 91.9 cm³/mol. The molecule has 6 heteroatoms. The zero-order valence-corrected chi connectivity index (χ0v) is 14.1. The van der Waals surface area contributed by atoms with Crippen LogP contribution in [-0.2, 0) is 16.1 Å². The van der Waals surface area contributed by atoms with Crippen LogP contribution in [-0.4, -0.2) is 34.7 Å². The topological polar surface area (TPSA) is 73.2 Å². The first-order valence-electron chi connectivity index (χ1n) is 8.43. The summed E-state index contributed by atoms with van der Waals surface area (Å²) < 4.78 is 7.17. The second kappa shape index (κ2) is 7.13. The Morgan fingerprint density at radius 2 is 2.21 bits per heavy atom. The van der Waals surface area contributed by atoms with Crippen LogP contribution in [0, 0.1) is 12.8 Å². The highest BCUT2D eigenvalue weighted by Gasteiger charge is 2.30. The number of para-hydroxylation sites is 2. The maximum absolute atomic E-state index is 12.4. The lowest BCUT2D eigenvalue weighted by atomic mass is 10.0. The van der Waals surface area contributed by atoms with Crippen LogP contribution < -0.4 is 10.9 Å². The summed E-state index contributed by atoms with van der Waals surface area (Å²) >= 11 is 0. The van der Waals surface area contributed by atoms with Gasteiger partial charge >= 0.3 is 0 Å². The highest BCUT2D eigenvalue weighted by Crippen LogP contribution is 2.20. The van der Waals surface area contributed by atoms with E-state index in [1.807, 2.05) is 31.2 Å². The number of nitrogens with zero attached hydrogens (tertiary/aromatic N) is 2. The molecule has 1 saturated heterocycles. The maximum atomic E-state index is 12.4. The summed E-state index contributed by atoms with van der Waals surface area (Å²) in [6.07, 6.45) is 1.46. The summed E-state index contributed by atoms with van der Waals surface area (Å²) in [6.45, 7) is 5.41. The van der Waals surface area contributed by atoms with E-state index in [1.165, 1.54) is 0 Å². The minimum Gasteiger partial charge on any atom is -0.378 e. The third-order valence-electron chi connectivity index (χ3n) is 4.59. The van der Waals surface area contributed by atoms with Crippen LogP contribution in [0.4, 0.5) is 0 Å². The van der Waals surface area contributed by atoms with E-state index in [0.717, 1.165) is 17.5 Å². The quantitative estimate of drug-likeness (QED) is 0.846. The van der Waals surface area contributed by atoms with Crippen LogP contribution in [0.3, 0.4) is 0 Å². The molecule has 1 aromatic heterocycles. The van der Waals surface area contributed by atoms with Crippen molar-refractivity contribution in [3.8, 4) is 0 Å². The molecular weight excluding hydrogens is 306 g/mol. The molecule has 0 spiro atoms. The molecule has 0 radical (unpaired) electrons. The molecule has 24 heavy (non-hydrogen) atoms.